The summed E-state index contributed by atoms with van der Waals surface area (Å²) in [6, 6.07) is 8.42. The van der Waals surface area contributed by atoms with Crippen molar-refractivity contribution in [3.63, 3.8) is 0 Å². The second kappa shape index (κ2) is 3.17. The molecule has 0 saturated carbocycles. The maximum atomic E-state index is 5.48. The summed E-state index contributed by atoms with van der Waals surface area (Å²) in [5, 5.41) is 7.04. The fourth-order valence-corrected chi connectivity index (χ4v) is 2.05. The molecule has 4 heteroatoms. The van der Waals surface area contributed by atoms with Gasteiger partial charge in [0, 0.05) is 0 Å². The van der Waals surface area contributed by atoms with E-state index in [1.165, 1.54) is 11.1 Å². The number of H-pyrrole nitrogens is 1. The minimum atomic E-state index is 0.359. The third-order valence-electron chi connectivity index (χ3n) is 2.91. The minimum absolute atomic E-state index is 0.359. The molecule has 1 aromatic carbocycles. The zero-order valence-electron chi connectivity index (χ0n) is 8.27. The third kappa shape index (κ3) is 1.26. The van der Waals surface area contributed by atoms with Crippen molar-refractivity contribution in [1.29, 1.82) is 0 Å². The average molecular weight is 200 g/mol. The molecule has 1 aliphatic carbocycles. The molecule has 0 radical (unpaired) electrons. The van der Waals surface area contributed by atoms with Gasteiger partial charge in [-0.3, -0.25) is 5.10 Å². The highest BCUT2D eigenvalue weighted by Gasteiger charge is 2.29. The molecule has 3 rings (SSSR count). The van der Waals surface area contributed by atoms with Crippen LogP contribution in [-0.2, 0) is 13.0 Å². The van der Waals surface area contributed by atoms with Crippen molar-refractivity contribution in [3.8, 4) is 0 Å². The summed E-state index contributed by atoms with van der Waals surface area (Å²) in [5.41, 5.74) is 8.24. The Labute approximate surface area is 87.5 Å². The number of nitrogens with two attached hydrogens (primary N) is 1. The van der Waals surface area contributed by atoms with Crippen LogP contribution in [0.4, 0.5) is 0 Å². The SMILES string of the molecule is NCc1nc(C2Cc3ccccc32)n[nH]1. The molecule has 0 aliphatic heterocycles. The van der Waals surface area contributed by atoms with Crippen LogP contribution in [0.25, 0.3) is 0 Å². The predicted molar refractivity (Wildman–Crippen MR) is 56.3 cm³/mol. The monoisotopic (exact) mass is 200 g/mol. The van der Waals surface area contributed by atoms with Crippen molar-refractivity contribution in [3.05, 3.63) is 47.0 Å². The van der Waals surface area contributed by atoms with Crippen LogP contribution in [0.3, 0.4) is 0 Å². The summed E-state index contributed by atoms with van der Waals surface area (Å²) < 4.78 is 0. The van der Waals surface area contributed by atoms with Crippen LogP contribution < -0.4 is 5.73 Å². The number of aromatic nitrogens is 3. The second-order valence-corrected chi connectivity index (χ2v) is 3.80. The number of fused-ring (bicyclic) bond motifs is 1. The molecule has 0 amide bonds. The van der Waals surface area contributed by atoms with Gasteiger partial charge in [0.1, 0.15) is 5.82 Å². The van der Waals surface area contributed by atoms with Crippen LogP contribution >= 0.6 is 0 Å². The number of benzene rings is 1. The number of rotatable bonds is 2. The predicted octanol–water partition coefficient (Wildman–Crippen LogP) is 0.951. The number of nitrogens with one attached hydrogen (secondary N) is 1. The molecule has 76 valence electrons. The summed E-state index contributed by atoms with van der Waals surface area (Å²) in [7, 11) is 0. The molecule has 1 aliphatic rings. The minimum Gasteiger partial charge on any atom is -0.324 e. The highest BCUT2D eigenvalue weighted by atomic mass is 15.2. The van der Waals surface area contributed by atoms with Crippen molar-refractivity contribution >= 4 is 0 Å². The Hall–Kier alpha value is -1.68. The van der Waals surface area contributed by atoms with Crippen LogP contribution in [0.5, 0.6) is 0 Å². The van der Waals surface area contributed by atoms with Gasteiger partial charge in [0.2, 0.25) is 0 Å². The van der Waals surface area contributed by atoms with Gasteiger partial charge in [0.05, 0.1) is 12.5 Å². The van der Waals surface area contributed by atoms with E-state index < -0.39 is 0 Å². The molecule has 1 unspecified atom stereocenters. The van der Waals surface area contributed by atoms with Crippen LogP contribution in [0.15, 0.2) is 24.3 Å². The summed E-state index contributed by atoms with van der Waals surface area (Å²) in [6.07, 6.45) is 1.04. The molecular formula is C11H12N4. The zero-order chi connectivity index (χ0) is 10.3. The van der Waals surface area contributed by atoms with Crippen molar-refractivity contribution in [2.24, 2.45) is 5.73 Å². The normalized spacial score (nSPS) is 18.3. The van der Waals surface area contributed by atoms with Gasteiger partial charge in [-0.2, -0.15) is 5.10 Å². The van der Waals surface area contributed by atoms with Gasteiger partial charge in [-0.1, -0.05) is 24.3 Å². The molecule has 0 saturated heterocycles. The Morgan fingerprint density at radius 1 is 1.40 bits per heavy atom. The quantitative estimate of drug-likeness (QED) is 0.758. The molecule has 4 nitrogen and oxygen atoms in total. The first-order valence-electron chi connectivity index (χ1n) is 5.07. The van der Waals surface area contributed by atoms with Crippen molar-refractivity contribution < 1.29 is 0 Å². The van der Waals surface area contributed by atoms with Gasteiger partial charge in [-0.25, -0.2) is 4.98 Å². The summed E-state index contributed by atoms with van der Waals surface area (Å²) in [5.74, 6) is 1.99. The lowest BCUT2D eigenvalue weighted by molar-refractivity contribution is 0.663. The number of aromatic amines is 1. The standard InChI is InChI=1S/C11H12N4/c12-6-10-13-11(15-14-10)9-5-7-3-1-2-4-8(7)9/h1-4,9H,5-6,12H2,(H,13,14,15). The molecule has 0 bridgehead atoms. The topological polar surface area (TPSA) is 67.6 Å². The van der Waals surface area contributed by atoms with E-state index in [1.807, 2.05) is 0 Å². The van der Waals surface area contributed by atoms with E-state index >= 15 is 0 Å². The largest absolute Gasteiger partial charge is 0.324 e. The zero-order valence-corrected chi connectivity index (χ0v) is 8.27. The lowest BCUT2D eigenvalue weighted by Crippen LogP contribution is -2.19. The van der Waals surface area contributed by atoms with Gasteiger partial charge in [0.15, 0.2) is 5.82 Å². The summed E-state index contributed by atoms with van der Waals surface area (Å²) in [4.78, 5) is 4.36. The van der Waals surface area contributed by atoms with Gasteiger partial charge >= 0.3 is 0 Å². The maximum absolute atomic E-state index is 5.48. The summed E-state index contributed by atoms with van der Waals surface area (Å²) in [6.45, 7) is 0.418. The van der Waals surface area contributed by atoms with Crippen molar-refractivity contribution in [2.75, 3.05) is 0 Å². The Morgan fingerprint density at radius 3 is 3.00 bits per heavy atom. The smallest absolute Gasteiger partial charge is 0.158 e. The number of nitrogens with zero attached hydrogens (tertiary/aromatic N) is 2. The lowest BCUT2D eigenvalue weighted by Gasteiger charge is -2.27. The first kappa shape index (κ1) is 8.61. The molecule has 15 heavy (non-hydrogen) atoms. The van der Waals surface area contributed by atoms with Crippen molar-refractivity contribution in [1.82, 2.24) is 15.2 Å². The molecule has 0 spiro atoms. The highest BCUT2D eigenvalue weighted by molar-refractivity contribution is 5.43. The van der Waals surface area contributed by atoms with Crippen LogP contribution in [-0.4, -0.2) is 15.2 Å². The average Bonchev–Trinajstić information content (AvgIpc) is 2.68. The highest BCUT2D eigenvalue weighted by Crippen LogP contribution is 2.38. The van der Waals surface area contributed by atoms with E-state index in [-0.39, 0.29) is 0 Å². The molecule has 2 aromatic rings. The Balaban J connectivity index is 1.93. The molecule has 3 N–H and O–H groups in total. The molecule has 1 aromatic heterocycles. The van der Waals surface area contributed by atoms with E-state index in [4.69, 9.17) is 5.73 Å². The first-order valence-corrected chi connectivity index (χ1v) is 5.07. The van der Waals surface area contributed by atoms with Crippen LogP contribution in [0, 0.1) is 0 Å². The Kier molecular flexibility index (Phi) is 1.82. The first-order chi connectivity index (χ1) is 7.38. The van der Waals surface area contributed by atoms with E-state index in [1.54, 1.807) is 0 Å². The number of hydrogen-bond acceptors (Lipinski definition) is 3. The van der Waals surface area contributed by atoms with E-state index in [9.17, 15) is 0 Å². The van der Waals surface area contributed by atoms with Gasteiger partial charge in [-0.15, -0.1) is 0 Å². The third-order valence-corrected chi connectivity index (χ3v) is 2.91. The maximum Gasteiger partial charge on any atom is 0.158 e. The fourth-order valence-electron chi connectivity index (χ4n) is 2.05. The van der Waals surface area contributed by atoms with E-state index in [2.05, 4.69) is 39.4 Å². The van der Waals surface area contributed by atoms with E-state index in [0.29, 0.717) is 12.5 Å². The number of hydrogen-bond donors (Lipinski definition) is 2. The Morgan fingerprint density at radius 2 is 2.27 bits per heavy atom. The molecule has 1 heterocycles. The molecular weight excluding hydrogens is 188 g/mol. The van der Waals surface area contributed by atoms with Gasteiger partial charge in [-0.05, 0) is 17.5 Å². The Bertz CT molecular complexity index is 489. The van der Waals surface area contributed by atoms with Crippen molar-refractivity contribution in [2.45, 2.75) is 18.9 Å². The second-order valence-electron chi connectivity index (χ2n) is 3.80. The van der Waals surface area contributed by atoms with Gasteiger partial charge in [0.25, 0.3) is 0 Å². The lowest BCUT2D eigenvalue weighted by atomic mass is 9.77. The fraction of sp³-hybridized carbons (Fsp3) is 0.273. The van der Waals surface area contributed by atoms with Gasteiger partial charge < -0.3 is 5.73 Å². The molecule has 0 fully saturated rings. The van der Waals surface area contributed by atoms with E-state index in [0.717, 1.165) is 18.1 Å². The van der Waals surface area contributed by atoms with Crippen LogP contribution in [0.2, 0.25) is 0 Å². The molecule has 1 atom stereocenters. The summed E-state index contributed by atoms with van der Waals surface area (Å²) >= 11 is 0. The van der Waals surface area contributed by atoms with Crippen LogP contribution in [0.1, 0.15) is 28.7 Å².